The average molecular weight is 617 g/mol. The maximum absolute atomic E-state index is 13.7. The summed E-state index contributed by atoms with van der Waals surface area (Å²) in [6.07, 6.45) is 4.02. The highest BCUT2D eigenvalue weighted by molar-refractivity contribution is 7.77. The molecule has 0 spiro atoms. The maximum Gasteiger partial charge on any atom is 0.328 e. The van der Waals surface area contributed by atoms with Crippen LogP contribution in [0, 0.1) is 0 Å². The molecule has 2 N–H and O–H groups in total. The van der Waals surface area contributed by atoms with Crippen LogP contribution in [0.15, 0.2) is 109 Å². The standard InChI is InChI=1S/C31H28ClN5O3S2/c32-29-28(25-15-13-22(14-16-25)20-34-42(39)40)35-30(41-29)36-31(38)37(26-12-7-18-33-21-26)19-17-27(23-8-3-1-4-9-23)24-10-5-2-6-11-24/h1-16,18,21,27,34H,17,19-20H2,(H,39,40)(H,35,36,38)/p-1. The number of halogens is 1. The topological polar surface area (TPSA) is 110 Å². The van der Waals surface area contributed by atoms with Crippen LogP contribution < -0.4 is 14.9 Å². The number of thiazole rings is 1. The summed E-state index contributed by atoms with van der Waals surface area (Å²) in [5.74, 6) is 0.0899. The predicted octanol–water partition coefficient (Wildman–Crippen LogP) is 7.00. The minimum atomic E-state index is -2.34. The van der Waals surface area contributed by atoms with E-state index in [9.17, 15) is 13.6 Å². The largest absolute Gasteiger partial charge is 0.760 e. The molecule has 0 fully saturated rings. The fourth-order valence-corrected chi connectivity index (χ4v) is 5.99. The van der Waals surface area contributed by atoms with Gasteiger partial charge in [-0.1, -0.05) is 108 Å². The lowest BCUT2D eigenvalue weighted by atomic mass is 9.88. The third-order valence-corrected chi connectivity index (χ3v) is 8.22. The molecule has 214 valence electrons. The van der Waals surface area contributed by atoms with Gasteiger partial charge in [-0.15, -0.1) is 0 Å². The van der Waals surface area contributed by atoms with Crippen molar-refractivity contribution in [2.75, 3.05) is 16.8 Å². The van der Waals surface area contributed by atoms with Gasteiger partial charge in [-0.2, -0.15) is 0 Å². The molecule has 0 saturated carbocycles. The zero-order chi connectivity index (χ0) is 29.3. The SMILES string of the molecule is O=C(Nc1nc(-c2ccc(CNS(=O)[O-])cc2)c(Cl)s1)N(CCC(c1ccccc1)c1ccccc1)c1cccnc1. The highest BCUT2D eigenvalue weighted by Gasteiger charge is 2.22. The van der Waals surface area contributed by atoms with Gasteiger partial charge in [0.05, 0.1) is 11.9 Å². The third-order valence-electron chi connectivity index (χ3n) is 6.67. The van der Waals surface area contributed by atoms with Crippen molar-refractivity contribution in [2.45, 2.75) is 18.9 Å². The van der Waals surface area contributed by atoms with Crippen molar-refractivity contribution in [3.63, 3.8) is 0 Å². The summed E-state index contributed by atoms with van der Waals surface area (Å²) in [5, 5.41) is 3.29. The van der Waals surface area contributed by atoms with Crippen LogP contribution in [0.3, 0.4) is 0 Å². The molecule has 1 atom stereocenters. The Morgan fingerprint density at radius 3 is 2.21 bits per heavy atom. The van der Waals surface area contributed by atoms with E-state index in [0.29, 0.717) is 33.8 Å². The first kappa shape index (κ1) is 29.6. The number of anilines is 2. The molecule has 0 aliphatic carbocycles. The van der Waals surface area contributed by atoms with Crippen molar-refractivity contribution in [1.29, 1.82) is 0 Å². The van der Waals surface area contributed by atoms with Gasteiger partial charge in [0, 0.05) is 42.0 Å². The monoisotopic (exact) mass is 616 g/mol. The normalized spacial score (nSPS) is 11.8. The van der Waals surface area contributed by atoms with Gasteiger partial charge in [0.2, 0.25) is 0 Å². The number of amides is 2. The van der Waals surface area contributed by atoms with Crippen molar-refractivity contribution in [1.82, 2.24) is 14.7 Å². The van der Waals surface area contributed by atoms with Crippen LogP contribution >= 0.6 is 22.9 Å². The van der Waals surface area contributed by atoms with E-state index < -0.39 is 11.3 Å². The van der Waals surface area contributed by atoms with E-state index in [2.05, 4.69) is 44.3 Å². The minimum absolute atomic E-state index is 0.0899. The van der Waals surface area contributed by atoms with E-state index in [1.165, 1.54) is 22.5 Å². The zero-order valence-electron chi connectivity index (χ0n) is 22.4. The van der Waals surface area contributed by atoms with Crippen LogP contribution in [0.5, 0.6) is 0 Å². The van der Waals surface area contributed by atoms with E-state index in [-0.39, 0.29) is 18.5 Å². The molecule has 8 nitrogen and oxygen atoms in total. The Balaban J connectivity index is 1.34. The Morgan fingerprint density at radius 2 is 1.62 bits per heavy atom. The number of carbonyl (C=O) groups is 1. The van der Waals surface area contributed by atoms with Crippen molar-refractivity contribution in [3.8, 4) is 11.3 Å². The highest BCUT2D eigenvalue weighted by atomic mass is 35.5. The second-order valence-corrected chi connectivity index (χ2v) is 11.7. The Morgan fingerprint density at radius 1 is 0.952 bits per heavy atom. The van der Waals surface area contributed by atoms with Gasteiger partial charge in [-0.05, 0) is 35.2 Å². The Labute approximate surface area is 255 Å². The molecule has 2 amide bonds. The number of aromatic nitrogens is 2. The quantitative estimate of drug-likeness (QED) is 0.155. The molecule has 5 rings (SSSR count). The first-order valence-corrected chi connectivity index (χ1v) is 15.4. The molecule has 0 saturated heterocycles. The fraction of sp³-hybridized carbons (Fsp3) is 0.129. The van der Waals surface area contributed by atoms with Gasteiger partial charge in [0.1, 0.15) is 10.0 Å². The number of hydrogen-bond donors (Lipinski definition) is 2. The summed E-state index contributed by atoms with van der Waals surface area (Å²) < 4.78 is 24.3. The summed E-state index contributed by atoms with van der Waals surface area (Å²) in [6, 6.07) is 31.1. The summed E-state index contributed by atoms with van der Waals surface area (Å²) in [4.78, 5) is 24.2. The van der Waals surface area contributed by atoms with E-state index in [1.54, 1.807) is 35.5 Å². The number of nitrogens with one attached hydrogen (secondary N) is 2. The van der Waals surface area contributed by atoms with Gasteiger partial charge in [-0.25, -0.2) is 14.5 Å². The number of hydrogen-bond acceptors (Lipinski definition) is 6. The first-order chi connectivity index (χ1) is 20.5. The Kier molecular flexibility index (Phi) is 10.1. The lowest BCUT2D eigenvalue weighted by Gasteiger charge is -2.26. The molecule has 2 heterocycles. The van der Waals surface area contributed by atoms with Crippen LogP contribution in [-0.4, -0.2) is 31.3 Å². The molecule has 5 aromatic rings. The molecule has 42 heavy (non-hydrogen) atoms. The zero-order valence-corrected chi connectivity index (χ0v) is 24.7. The average Bonchev–Trinajstić information content (AvgIpc) is 3.39. The van der Waals surface area contributed by atoms with E-state index in [1.807, 2.05) is 54.6 Å². The second-order valence-electron chi connectivity index (χ2n) is 9.35. The van der Waals surface area contributed by atoms with Gasteiger partial charge in [-0.3, -0.25) is 19.4 Å². The molecule has 2 aromatic heterocycles. The lowest BCUT2D eigenvalue weighted by molar-refractivity contribution is 0.256. The molecular weight excluding hydrogens is 590 g/mol. The van der Waals surface area contributed by atoms with Crippen LogP contribution in [-0.2, 0) is 17.8 Å². The molecule has 1 unspecified atom stereocenters. The van der Waals surface area contributed by atoms with Crippen LogP contribution in [0.25, 0.3) is 11.3 Å². The summed E-state index contributed by atoms with van der Waals surface area (Å²) in [5.41, 5.74) is 5.09. The van der Waals surface area contributed by atoms with Gasteiger partial charge < -0.3 is 4.55 Å². The Hall–Kier alpha value is -3.93. The maximum atomic E-state index is 13.7. The van der Waals surface area contributed by atoms with Gasteiger partial charge >= 0.3 is 6.03 Å². The smallest absolute Gasteiger partial charge is 0.328 e. The van der Waals surface area contributed by atoms with Gasteiger partial charge in [0.15, 0.2) is 5.13 Å². The van der Waals surface area contributed by atoms with E-state index >= 15 is 0 Å². The molecule has 0 aliphatic heterocycles. The lowest BCUT2D eigenvalue weighted by Crippen LogP contribution is -2.36. The summed E-state index contributed by atoms with van der Waals surface area (Å²) in [6.45, 7) is 0.615. The number of pyridine rings is 1. The van der Waals surface area contributed by atoms with Crippen molar-refractivity contribution >= 4 is 51.1 Å². The first-order valence-electron chi connectivity index (χ1n) is 13.1. The molecule has 11 heteroatoms. The molecule has 0 bridgehead atoms. The third kappa shape index (κ3) is 7.67. The molecule has 0 radical (unpaired) electrons. The number of rotatable bonds is 11. The van der Waals surface area contributed by atoms with Crippen molar-refractivity contribution < 1.29 is 13.6 Å². The highest BCUT2D eigenvalue weighted by Crippen LogP contribution is 2.36. The fourth-order valence-electron chi connectivity index (χ4n) is 4.63. The number of benzene rings is 3. The van der Waals surface area contributed by atoms with Crippen LogP contribution in [0.4, 0.5) is 15.6 Å². The number of carbonyl (C=O) groups excluding carboxylic acids is 1. The van der Waals surface area contributed by atoms with Crippen molar-refractivity contribution in [2.24, 2.45) is 0 Å². The second kappa shape index (κ2) is 14.3. The van der Waals surface area contributed by atoms with Crippen LogP contribution in [0.2, 0.25) is 4.34 Å². The van der Waals surface area contributed by atoms with Crippen molar-refractivity contribution in [3.05, 3.63) is 130 Å². The van der Waals surface area contributed by atoms with Gasteiger partial charge in [0.25, 0.3) is 0 Å². The summed E-state index contributed by atoms with van der Waals surface area (Å²) >= 11 is 5.36. The number of nitrogens with zero attached hydrogens (tertiary/aromatic N) is 3. The molecule has 0 aliphatic rings. The molecular formula is C31H27ClN5O3S2-. The minimum Gasteiger partial charge on any atom is -0.760 e. The Bertz CT molecular complexity index is 1580. The van der Waals surface area contributed by atoms with Crippen LogP contribution in [0.1, 0.15) is 29.0 Å². The predicted molar refractivity (Wildman–Crippen MR) is 168 cm³/mol. The van der Waals surface area contributed by atoms with E-state index in [4.69, 9.17) is 11.6 Å². The molecule has 3 aromatic carbocycles. The van der Waals surface area contributed by atoms with E-state index in [0.717, 1.165) is 11.1 Å². The number of urea groups is 1. The summed E-state index contributed by atoms with van der Waals surface area (Å²) in [7, 11) is 0.